The molecule has 2 heterocycles. The highest BCUT2D eigenvalue weighted by Gasteiger charge is 2.31. The predicted molar refractivity (Wildman–Crippen MR) is 103 cm³/mol. The number of aromatic nitrogens is 4. The van der Waals surface area contributed by atoms with E-state index >= 15 is 0 Å². The van der Waals surface area contributed by atoms with Crippen molar-refractivity contribution in [2.45, 2.75) is 26.8 Å². The van der Waals surface area contributed by atoms with E-state index in [-0.39, 0.29) is 17.5 Å². The molecule has 0 aliphatic carbocycles. The van der Waals surface area contributed by atoms with Crippen molar-refractivity contribution in [3.63, 3.8) is 0 Å². The molecule has 2 aromatic carbocycles. The van der Waals surface area contributed by atoms with Crippen molar-refractivity contribution in [2.75, 3.05) is 0 Å². The van der Waals surface area contributed by atoms with Gasteiger partial charge < -0.3 is 9.26 Å². The Morgan fingerprint density at radius 3 is 2.47 bits per heavy atom. The molecular formula is C21H17F3N4O2. The summed E-state index contributed by atoms with van der Waals surface area (Å²) in [6, 6.07) is 15.2. The van der Waals surface area contributed by atoms with E-state index in [0.717, 1.165) is 11.3 Å². The number of alkyl halides is 3. The van der Waals surface area contributed by atoms with Gasteiger partial charge in [0.15, 0.2) is 5.69 Å². The normalized spacial score (nSPS) is 11.6. The Bertz CT molecular complexity index is 1160. The van der Waals surface area contributed by atoms with E-state index in [4.69, 9.17) is 4.52 Å². The molecule has 0 saturated heterocycles. The van der Waals surface area contributed by atoms with Crippen LogP contribution in [0.3, 0.4) is 0 Å². The average Bonchev–Trinajstić information content (AvgIpc) is 3.30. The summed E-state index contributed by atoms with van der Waals surface area (Å²) in [7, 11) is 0. The Hall–Kier alpha value is -3.62. The second-order valence-electron chi connectivity index (χ2n) is 6.75. The predicted octanol–water partition coefficient (Wildman–Crippen LogP) is 5.16. The molecule has 0 atom stereocenters. The van der Waals surface area contributed by atoms with Crippen molar-refractivity contribution in [1.82, 2.24) is 19.9 Å². The van der Waals surface area contributed by atoms with Crippen LogP contribution in [0.5, 0.6) is 5.75 Å². The maximum Gasteiger partial charge on any atom is 0.573 e. The second-order valence-corrected chi connectivity index (χ2v) is 6.75. The molecule has 9 heteroatoms. The van der Waals surface area contributed by atoms with Crippen LogP contribution in [0.15, 0.2) is 59.1 Å². The lowest BCUT2D eigenvalue weighted by Gasteiger charge is -2.08. The van der Waals surface area contributed by atoms with E-state index in [1.54, 1.807) is 0 Å². The molecule has 0 aliphatic heterocycles. The van der Waals surface area contributed by atoms with Crippen LogP contribution < -0.4 is 4.74 Å². The number of nitrogens with zero attached hydrogens (tertiary/aromatic N) is 4. The third kappa shape index (κ3) is 4.35. The topological polar surface area (TPSA) is 66.0 Å². The first-order valence-corrected chi connectivity index (χ1v) is 9.08. The van der Waals surface area contributed by atoms with Crippen LogP contribution in [0, 0.1) is 13.8 Å². The molecule has 0 aliphatic rings. The second kappa shape index (κ2) is 7.66. The van der Waals surface area contributed by atoms with Gasteiger partial charge in [-0.3, -0.25) is 4.68 Å². The maximum absolute atomic E-state index is 12.3. The van der Waals surface area contributed by atoms with Gasteiger partial charge in [0, 0.05) is 11.3 Å². The van der Waals surface area contributed by atoms with Crippen molar-refractivity contribution >= 4 is 0 Å². The van der Waals surface area contributed by atoms with Gasteiger partial charge >= 0.3 is 6.36 Å². The van der Waals surface area contributed by atoms with Gasteiger partial charge in [0.25, 0.3) is 5.89 Å². The quantitative estimate of drug-likeness (QED) is 0.451. The Labute approximate surface area is 169 Å². The van der Waals surface area contributed by atoms with Gasteiger partial charge in [-0.1, -0.05) is 29.4 Å². The molecular weight excluding hydrogens is 397 g/mol. The number of ether oxygens (including phenoxy) is 1. The van der Waals surface area contributed by atoms with Crippen LogP contribution in [-0.4, -0.2) is 26.3 Å². The van der Waals surface area contributed by atoms with Crippen LogP contribution in [0.2, 0.25) is 0 Å². The third-order valence-electron chi connectivity index (χ3n) is 4.55. The summed E-state index contributed by atoms with van der Waals surface area (Å²) in [5.41, 5.74) is 4.28. The van der Waals surface area contributed by atoms with E-state index < -0.39 is 6.36 Å². The summed E-state index contributed by atoms with van der Waals surface area (Å²) < 4.78 is 47.9. The van der Waals surface area contributed by atoms with E-state index in [9.17, 15) is 13.2 Å². The number of benzene rings is 2. The van der Waals surface area contributed by atoms with Crippen molar-refractivity contribution in [3.8, 4) is 28.7 Å². The van der Waals surface area contributed by atoms with Crippen molar-refractivity contribution in [1.29, 1.82) is 0 Å². The molecule has 6 nitrogen and oxygen atoms in total. The molecule has 2 aromatic heterocycles. The van der Waals surface area contributed by atoms with Gasteiger partial charge in [0.2, 0.25) is 5.82 Å². The fraction of sp³-hybridized carbons (Fsp3) is 0.190. The first-order valence-electron chi connectivity index (χ1n) is 9.08. The Balaban J connectivity index is 1.54. The Kier molecular flexibility index (Phi) is 5.03. The number of aryl methyl sites for hydroxylation is 2. The Morgan fingerprint density at radius 2 is 1.77 bits per heavy atom. The number of rotatable bonds is 5. The molecule has 0 unspecified atom stereocenters. The standard InChI is InChI=1S/C21H17F3N4O2/c1-13-5-3-4-6-16(13)12-28-14(2)11-18(26-28)20-25-19(27-30-20)15-7-9-17(10-8-15)29-21(22,23)24/h3-11H,12H2,1-2H3. The van der Waals surface area contributed by atoms with Crippen molar-refractivity contribution in [3.05, 3.63) is 71.4 Å². The van der Waals surface area contributed by atoms with Gasteiger partial charge in [0.1, 0.15) is 5.75 Å². The van der Waals surface area contributed by atoms with Crippen LogP contribution >= 0.6 is 0 Å². The number of halogens is 3. The van der Waals surface area contributed by atoms with Gasteiger partial charge in [-0.25, -0.2) is 0 Å². The van der Waals surface area contributed by atoms with Gasteiger partial charge in [0.05, 0.1) is 6.54 Å². The smallest absolute Gasteiger partial charge is 0.406 e. The van der Waals surface area contributed by atoms with Crippen LogP contribution in [0.25, 0.3) is 23.0 Å². The lowest BCUT2D eigenvalue weighted by atomic mass is 10.1. The fourth-order valence-electron chi connectivity index (χ4n) is 2.97. The molecule has 0 fully saturated rings. The van der Waals surface area contributed by atoms with E-state index in [0.29, 0.717) is 17.8 Å². The monoisotopic (exact) mass is 414 g/mol. The summed E-state index contributed by atoms with van der Waals surface area (Å²) in [5.74, 6) is 0.155. The molecule has 0 bridgehead atoms. The summed E-state index contributed by atoms with van der Waals surface area (Å²) in [6.45, 7) is 4.59. The van der Waals surface area contributed by atoms with Crippen LogP contribution in [0.1, 0.15) is 16.8 Å². The fourth-order valence-corrected chi connectivity index (χ4v) is 2.97. The molecule has 4 aromatic rings. The van der Waals surface area contributed by atoms with Crippen LogP contribution in [0.4, 0.5) is 13.2 Å². The maximum atomic E-state index is 12.3. The largest absolute Gasteiger partial charge is 0.573 e. The first kappa shape index (κ1) is 19.7. The highest BCUT2D eigenvalue weighted by molar-refractivity contribution is 5.58. The molecule has 0 N–H and O–H groups in total. The SMILES string of the molecule is Cc1ccccc1Cn1nc(-c2nc(-c3ccc(OC(F)(F)F)cc3)no2)cc1C. The molecule has 0 saturated carbocycles. The van der Waals surface area contributed by atoms with E-state index in [1.165, 1.54) is 29.8 Å². The van der Waals surface area contributed by atoms with Gasteiger partial charge in [-0.05, 0) is 55.3 Å². The minimum atomic E-state index is -4.74. The zero-order valence-corrected chi connectivity index (χ0v) is 16.1. The summed E-state index contributed by atoms with van der Waals surface area (Å²) in [4.78, 5) is 4.32. The minimum Gasteiger partial charge on any atom is -0.406 e. The third-order valence-corrected chi connectivity index (χ3v) is 4.55. The first-order chi connectivity index (χ1) is 14.3. The van der Waals surface area contributed by atoms with Gasteiger partial charge in [-0.15, -0.1) is 13.2 Å². The zero-order valence-electron chi connectivity index (χ0n) is 16.1. The summed E-state index contributed by atoms with van der Waals surface area (Å²) in [5, 5.41) is 8.46. The highest BCUT2D eigenvalue weighted by atomic mass is 19.4. The molecule has 154 valence electrons. The Morgan fingerprint density at radius 1 is 1.03 bits per heavy atom. The lowest BCUT2D eigenvalue weighted by molar-refractivity contribution is -0.274. The van der Waals surface area contributed by atoms with E-state index in [2.05, 4.69) is 20.0 Å². The average molecular weight is 414 g/mol. The highest BCUT2D eigenvalue weighted by Crippen LogP contribution is 2.27. The number of hydrogen-bond acceptors (Lipinski definition) is 5. The van der Waals surface area contributed by atoms with Crippen molar-refractivity contribution < 1.29 is 22.4 Å². The van der Waals surface area contributed by atoms with Gasteiger partial charge in [-0.2, -0.15) is 10.1 Å². The van der Waals surface area contributed by atoms with Crippen LogP contribution in [-0.2, 0) is 6.54 Å². The molecule has 0 amide bonds. The molecule has 4 rings (SSSR count). The summed E-state index contributed by atoms with van der Waals surface area (Å²) in [6.07, 6.45) is -4.74. The molecule has 0 radical (unpaired) electrons. The minimum absolute atomic E-state index is 0.229. The number of hydrogen-bond donors (Lipinski definition) is 0. The van der Waals surface area contributed by atoms with E-state index in [1.807, 2.05) is 48.9 Å². The lowest BCUT2D eigenvalue weighted by Crippen LogP contribution is -2.16. The molecule has 30 heavy (non-hydrogen) atoms. The summed E-state index contributed by atoms with van der Waals surface area (Å²) >= 11 is 0. The molecule has 0 spiro atoms. The zero-order chi connectivity index (χ0) is 21.3. The van der Waals surface area contributed by atoms with Crippen molar-refractivity contribution in [2.24, 2.45) is 0 Å².